The number of hydrogen-bond donors (Lipinski definition) is 2. The predicted octanol–water partition coefficient (Wildman–Crippen LogP) is 2.73. The maximum Gasteiger partial charge on any atom is 0.191 e. The molecule has 1 aromatic carbocycles. The molecule has 0 aromatic heterocycles. The van der Waals surface area contributed by atoms with Gasteiger partial charge in [0.05, 0.1) is 40.1 Å². The fourth-order valence-electron chi connectivity index (χ4n) is 3.15. The molecule has 0 bridgehead atoms. The molecular formula is C22H37N3O4. The maximum atomic E-state index is 5.91. The van der Waals surface area contributed by atoms with Gasteiger partial charge in [0.15, 0.2) is 17.5 Å². The Morgan fingerprint density at radius 2 is 2.03 bits per heavy atom. The first-order valence-corrected chi connectivity index (χ1v) is 10.4. The molecule has 2 N–H and O–H groups in total. The van der Waals surface area contributed by atoms with Crippen LogP contribution in [0.1, 0.15) is 39.7 Å². The molecule has 1 aliphatic rings. The van der Waals surface area contributed by atoms with Gasteiger partial charge in [0.1, 0.15) is 0 Å². The van der Waals surface area contributed by atoms with Crippen LogP contribution in [0, 0.1) is 0 Å². The summed E-state index contributed by atoms with van der Waals surface area (Å²) in [4.78, 5) is 4.82. The van der Waals surface area contributed by atoms with E-state index in [1.54, 1.807) is 14.2 Å². The topological polar surface area (TPSA) is 73.3 Å². The standard InChI is InChI=1S/C22H37N3O4/c1-7-23-21(25-16(2)13-29-18-10-11-28-14-18)24-15-22(3,4)17-8-9-19(26-5)20(12-17)27-6/h8-9,12,16,18H,7,10-11,13-15H2,1-6H3,(H2,23,24,25). The van der Waals surface area contributed by atoms with E-state index in [1.165, 1.54) is 0 Å². The number of guanidine groups is 1. The molecule has 7 heteroatoms. The molecule has 0 saturated carbocycles. The van der Waals surface area contributed by atoms with Crippen LogP contribution < -0.4 is 20.1 Å². The smallest absolute Gasteiger partial charge is 0.191 e. The Hall–Kier alpha value is -1.99. The SMILES string of the molecule is CCNC(=NCC(C)(C)c1ccc(OC)c(OC)c1)NC(C)COC1CCOC1. The molecule has 0 radical (unpaired) electrons. The van der Waals surface area contributed by atoms with E-state index < -0.39 is 0 Å². The molecule has 1 aliphatic heterocycles. The molecule has 2 atom stereocenters. The van der Waals surface area contributed by atoms with Crippen LogP contribution in [0.2, 0.25) is 0 Å². The van der Waals surface area contributed by atoms with Crippen LogP contribution in [-0.2, 0) is 14.9 Å². The first-order chi connectivity index (χ1) is 13.9. The van der Waals surface area contributed by atoms with Crippen LogP contribution in [0.5, 0.6) is 11.5 Å². The summed E-state index contributed by atoms with van der Waals surface area (Å²) in [6.07, 6.45) is 1.18. The molecule has 164 valence electrons. The second kappa shape index (κ2) is 11.3. The van der Waals surface area contributed by atoms with E-state index in [1.807, 2.05) is 12.1 Å². The quantitative estimate of drug-likeness (QED) is 0.459. The average molecular weight is 408 g/mol. The zero-order chi connectivity index (χ0) is 21.3. The van der Waals surface area contributed by atoms with Gasteiger partial charge in [-0.05, 0) is 38.0 Å². The summed E-state index contributed by atoms with van der Waals surface area (Å²) in [5.41, 5.74) is 0.982. The minimum absolute atomic E-state index is 0.151. The summed E-state index contributed by atoms with van der Waals surface area (Å²) in [6, 6.07) is 6.18. The molecule has 29 heavy (non-hydrogen) atoms. The molecule has 0 aliphatic carbocycles. The highest BCUT2D eigenvalue weighted by atomic mass is 16.5. The van der Waals surface area contributed by atoms with E-state index in [9.17, 15) is 0 Å². The van der Waals surface area contributed by atoms with Crippen molar-refractivity contribution < 1.29 is 18.9 Å². The van der Waals surface area contributed by atoms with Gasteiger partial charge in [-0.2, -0.15) is 0 Å². The van der Waals surface area contributed by atoms with Crippen LogP contribution >= 0.6 is 0 Å². The van der Waals surface area contributed by atoms with Crippen molar-refractivity contribution in [2.24, 2.45) is 4.99 Å². The number of ether oxygens (including phenoxy) is 4. The van der Waals surface area contributed by atoms with Crippen LogP contribution in [0.25, 0.3) is 0 Å². The molecule has 0 spiro atoms. The van der Waals surface area contributed by atoms with Crippen molar-refractivity contribution in [3.05, 3.63) is 23.8 Å². The third-order valence-electron chi connectivity index (χ3n) is 4.99. The van der Waals surface area contributed by atoms with Gasteiger partial charge < -0.3 is 29.6 Å². The Balaban J connectivity index is 1.99. The summed E-state index contributed by atoms with van der Waals surface area (Å²) >= 11 is 0. The third-order valence-corrected chi connectivity index (χ3v) is 4.99. The monoisotopic (exact) mass is 407 g/mol. The highest BCUT2D eigenvalue weighted by Crippen LogP contribution is 2.33. The van der Waals surface area contributed by atoms with Crippen LogP contribution in [0.15, 0.2) is 23.2 Å². The Bertz CT molecular complexity index is 657. The zero-order valence-corrected chi connectivity index (χ0v) is 18.7. The Kier molecular flexibility index (Phi) is 9.04. The molecule has 7 nitrogen and oxygen atoms in total. The van der Waals surface area contributed by atoms with Gasteiger partial charge in [-0.25, -0.2) is 0 Å². The van der Waals surface area contributed by atoms with E-state index in [4.69, 9.17) is 23.9 Å². The number of nitrogens with zero attached hydrogens (tertiary/aromatic N) is 1. The normalized spacial score (nSPS) is 18.4. The van der Waals surface area contributed by atoms with E-state index in [0.29, 0.717) is 19.8 Å². The van der Waals surface area contributed by atoms with Gasteiger partial charge in [-0.3, -0.25) is 4.99 Å². The Labute approximate surface area is 175 Å². The zero-order valence-electron chi connectivity index (χ0n) is 18.7. The summed E-state index contributed by atoms with van der Waals surface area (Å²) in [5, 5.41) is 6.76. The van der Waals surface area contributed by atoms with Gasteiger partial charge in [-0.1, -0.05) is 19.9 Å². The van der Waals surface area contributed by atoms with Crippen molar-refractivity contribution in [1.29, 1.82) is 0 Å². The van der Waals surface area contributed by atoms with Gasteiger partial charge in [0.25, 0.3) is 0 Å². The van der Waals surface area contributed by atoms with E-state index in [0.717, 1.165) is 42.6 Å². The lowest BCUT2D eigenvalue weighted by atomic mass is 9.84. The fourth-order valence-corrected chi connectivity index (χ4v) is 3.15. The van der Waals surface area contributed by atoms with Crippen molar-refractivity contribution in [3.8, 4) is 11.5 Å². The predicted molar refractivity (Wildman–Crippen MR) is 116 cm³/mol. The first-order valence-electron chi connectivity index (χ1n) is 10.4. The average Bonchev–Trinajstić information content (AvgIpc) is 3.24. The molecule has 1 aromatic rings. The highest BCUT2D eigenvalue weighted by molar-refractivity contribution is 5.80. The lowest BCUT2D eigenvalue weighted by Crippen LogP contribution is -2.45. The lowest BCUT2D eigenvalue weighted by Gasteiger charge is -2.25. The minimum atomic E-state index is -0.164. The third kappa shape index (κ3) is 7.08. The molecule has 1 fully saturated rings. The largest absolute Gasteiger partial charge is 0.493 e. The number of benzene rings is 1. The summed E-state index contributed by atoms with van der Waals surface area (Å²) in [6.45, 7) is 12.0. The van der Waals surface area contributed by atoms with Crippen LogP contribution in [0.3, 0.4) is 0 Å². The van der Waals surface area contributed by atoms with Crippen LogP contribution in [0.4, 0.5) is 0 Å². The van der Waals surface area contributed by atoms with E-state index >= 15 is 0 Å². The number of hydrogen-bond acceptors (Lipinski definition) is 5. The van der Waals surface area contributed by atoms with Crippen molar-refractivity contribution in [2.45, 2.75) is 51.7 Å². The summed E-state index contributed by atoms with van der Waals surface area (Å²) in [7, 11) is 3.30. The Morgan fingerprint density at radius 1 is 1.28 bits per heavy atom. The lowest BCUT2D eigenvalue weighted by molar-refractivity contribution is 0.0347. The van der Waals surface area contributed by atoms with Crippen molar-refractivity contribution >= 4 is 5.96 Å². The number of rotatable bonds is 10. The van der Waals surface area contributed by atoms with Gasteiger partial charge in [-0.15, -0.1) is 0 Å². The molecule has 0 amide bonds. The van der Waals surface area contributed by atoms with Crippen molar-refractivity contribution in [2.75, 3.05) is 47.1 Å². The number of aliphatic imine (C=N–C) groups is 1. The molecule has 1 saturated heterocycles. The van der Waals surface area contributed by atoms with Crippen molar-refractivity contribution in [1.82, 2.24) is 10.6 Å². The maximum absolute atomic E-state index is 5.91. The van der Waals surface area contributed by atoms with Gasteiger partial charge in [0.2, 0.25) is 0 Å². The number of methoxy groups -OCH3 is 2. The number of nitrogens with one attached hydrogen (secondary N) is 2. The van der Waals surface area contributed by atoms with Crippen molar-refractivity contribution in [3.63, 3.8) is 0 Å². The molecule has 2 unspecified atom stereocenters. The second-order valence-electron chi connectivity index (χ2n) is 8.01. The fraction of sp³-hybridized carbons (Fsp3) is 0.682. The Morgan fingerprint density at radius 3 is 2.66 bits per heavy atom. The molecular weight excluding hydrogens is 370 g/mol. The van der Waals surface area contributed by atoms with Gasteiger partial charge in [0, 0.05) is 24.6 Å². The second-order valence-corrected chi connectivity index (χ2v) is 8.01. The van der Waals surface area contributed by atoms with Gasteiger partial charge >= 0.3 is 0 Å². The van der Waals surface area contributed by atoms with Crippen LogP contribution in [-0.4, -0.2) is 65.2 Å². The highest BCUT2D eigenvalue weighted by Gasteiger charge is 2.23. The molecule has 2 rings (SSSR count). The molecule has 1 heterocycles. The minimum Gasteiger partial charge on any atom is -0.493 e. The summed E-state index contributed by atoms with van der Waals surface area (Å²) < 4.78 is 22.1. The first kappa shape index (κ1) is 23.3. The van der Waals surface area contributed by atoms with E-state index in [-0.39, 0.29) is 17.6 Å². The summed E-state index contributed by atoms with van der Waals surface area (Å²) in [5.74, 6) is 2.25. The van der Waals surface area contributed by atoms with E-state index in [2.05, 4.69) is 44.4 Å².